The SMILES string of the molecule is C=C(Br)COc1ccccc1CO. The van der Waals surface area contributed by atoms with Gasteiger partial charge < -0.3 is 9.84 Å². The van der Waals surface area contributed by atoms with Crippen molar-refractivity contribution in [3.63, 3.8) is 0 Å². The summed E-state index contributed by atoms with van der Waals surface area (Å²) in [5.41, 5.74) is 0.788. The summed E-state index contributed by atoms with van der Waals surface area (Å²) in [4.78, 5) is 0. The average molecular weight is 243 g/mol. The lowest BCUT2D eigenvalue weighted by atomic mass is 10.2. The summed E-state index contributed by atoms with van der Waals surface area (Å²) in [6.45, 7) is 4.06. The molecule has 0 aliphatic rings. The highest BCUT2D eigenvalue weighted by atomic mass is 79.9. The maximum atomic E-state index is 8.97. The van der Waals surface area contributed by atoms with Gasteiger partial charge in [0.05, 0.1) is 6.61 Å². The zero-order valence-electron chi connectivity index (χ0n) is 7.16. The smallest absolute Gasteiger partial charge is 0.125 e. The predicted molar refractivity (Wildman–Crippen MR) is 55.9 cm³/mol. The van der Waals surface area contributed by atoms with Crippen LogP contribution in [0.2, 0.25) is 0 Å². The molecular weight excluding hydrogens is 232 g/mol. The first-order valence-electron chi connectivity index (χ1n) is 3.89. The van der Waals surface area contributed by atoms with E-state index in [1.54, 1.807) is 0 Å². The summed E-state index contributed by atoms with van der Waals surface area (Å²) >= 11 is 3.20. The molecule has 0 heterocycles. The molecule has 0 fully saturated rings. The highest BCUT2D eigenvalue weighted by molar-refractivity contribution is 9.11. The van der Waals surface area contributed by atoms with Crippen molar-refractivity contribution in [2.24, 2.45) is 0 Å². The molecule has 0 aliphatic carbocycles. The number of hydrogen-bond acceptors (Lipinski definition) is 2. The molecule has 1 aromatic carbocycles. The van der Waals surface area contributed by atoms with Crippen molar-refractivity contribution in [2.75, 3.05) is 6.61 Å². The van der Waals surface area contributed by atoms with Crippen LogP contribution < -0.4 is 4.74 Å². The highest BCUT2D eigenvalue weighted by Gasteiger charge is 2.00. The van der Waals surface area contributed by atoms with Crippen LogP contribution in [0.1, 0.15) is 5.56 Å². The molecule has 0 aromatic heterocycles. The van der Waals surface area contributed by atoms with Gasteiger partial charge in [-0.2, -0.15) is 0 Å². The Hall–Kier alpha value is -0.800. The molecule has 0 atom stereocenters. The van der Waals surface area contributed by atoms with Crippen molar-refractivity contribution >= 4 is 15.9 Å². The molecule has 3 heteroatoms. The molecule has 1 N–H and O–H groups in total. The Morgan fingerprint density at radius 1 is 1.46 bits per heavy atom. The number of halogens is 1. The molecule has 0 amide bonds. The quantitative estimate of drug-likeness (QED) is 0.880. The number of ether oxygens (including phenoxy) is 1. The van der Waals surface area contributed by atoms with E-state index in [9.17, 15) is 0 Å². The van der Waals surface area contributed by atoms with Gasteiger partial charge in [-0.25, -0.2) is 0 Å². The van der Waals surface area contributed by atoms with Crippen molar-refractivity contribution in [3.05, 3.63) is 40.9 Å². The van der Waals surface area contributed by atoms with Gasteiger partial charge >= 0.3 is 0 Å². The molecule has 0 saturated carbocycles. The molecule has 70 valence electrons. The first-order chi connectivity index (χ1) is 6.24. The number of para-hydroxylation sites is 1. The van der Waals surface area contributed by atoms with E-state index in [-0.39, 0.29) is 6.61 Å². The molecule has 13 heavy (non-hydrogen) atoms. The Morgan fingerprint density at radius 2 is 2.15 bits per heavy atom. The van der Waals surface area contributed by atoms with E-state index in [2.05, 4.69) is 22.5 Å². The van der Waals surface area contributed by atoms with Gasteiger partial charge in [0.25, 0.3) is 0 Å². The van der Waals surface area contributed by atoms with Gasteiger partial charge in [0.1, 0.15) is 12.4 Å². The van der Waals surface area contributed by atoms with Gasteiger partial charge in [0.15, 0.2) is 0 Å². The summed E-state index contributed by atoms with van der Waals surface area (Å²) in [6.07, 6.45) is 0. The maximum absolute atomic E-state index is 8.97. The minimum Gasteiger partial charge on any atom is -0.488 e. The minimum atomic E-state index is -0.00899. The summed E-state index contributed by atoms with van der Waals surface area (Å²) in [5.74, 6) is 0.700. The number of rotatable bonds is 4. The molecular formula is C10H11BrO2. The third-order valence-corrected chi connectivity index (χ3v) is 1.76. The number of benzene rings is 1. The third-order valence-electron chi connectivity index (χ3n) is 1.53. The molecule has 2 nitrogen and oxygen atoms in total. The molecule has 0 aliphatic heterocycles. The topological polar surface area (TPSA) is 29.5 Å². The van der Waals surface area contributed by atoms with Crippen molar-refractivity contribution < 1.29 is 9.84 Å². The summed E-state index contributed by atoms with van der Waals surface area (Å²) in [6, 6.07) is 7.38. The van der Waals surface area contributed by atoms with Crippen LogP contribution in [0, 0.1) is 0 Å². The van der Waals surface area contributed by atoms with Gasteiger partial charge in [0, 0.05) is 10.0 Å². The summed E-state index contributed by atoms with van der Waals surface area (Å²) in [7, 11) is 0. The van der Waals surface area contributed by atoms with E-state index < -0.39 is 0 Å². The maximum Gasteiger partial charge on any atom is 0.125 e. The van der Waals surface area contributed by atoms with E-state index in [1.807, 2.05) is 24.3 Å². The molecule has 0 spiro atoms. The molecule has 0 saturated heterocycles. The standard InChI is InChI=1S/C10H11BrO2/c1-8(11)7-13-10-5-3-2-4-9(10)6-12/h2-5,12H,1,6-7H2. The van der Waals surface area contributed by atoms with Gasteiger partial charge in [-0.3, -0.25) is 0 Å². The zero-order chi connectivity index (χ0) is 9.68. The van der Waals surface area contributed by atoms with Crippen molar-refractivity contribution in [1.29, 1.82) is 0 Å². The lowest BCUT2D eigenvalue weighted by molar-refractivity contribution is 0.269. The number of aliphatic hydroxyl groups excluding tert-OH is 1. The Bertz CT molecular complexity index is 297. The van der Waals surface area contributed by atoms with Crippen LogP contribution in [0.25, 0.3) is 0 Å². The summed E-state index contributed by atoms with van der Waals surface area (Å²) in [5, 5.41) is 8.97. The van der Waals surface area contributed by atoms with E-state index in [1.165, 1.54) is 0 Å². The lowest BCUT2D eigenvalue weighted by Crippen LogP contribution is -1.99. The molecule has 0 radical (unpaired) electrons. The monoisotopic (exact) mass is 242 g/mol. The van der Waals surface area contributed by atoms with Crippen LogP contribution in [0.5, 0.6) is 5.75 Å². The Morgan fingerprint density at radius 3 is 2.77 bits per heavy atom. The molecule has 1 aromatic rings. The lowest BCUT2D eigenvalue weighted by Gasteiger charge is -2.08. The second-order valence-corrected chi connectivity index (χ2v) is 3.69. The molecule has 1 rings (SSSR count). The van der Waals surface area contributed by atoms with Crippen LogP contribution >= 0.6 is 15.9 Å². The Labute approximate surface area is 86.0 Å². The zero-order valence-corrected chi connectivity index (χ0v) is 8.75. The van der Waals surface area contributed by atoms with E-state index in [0.29, 0.717) is 12.4 Å². The number of hydrogen-bond donors (Lipinski definition) is 1. The van der Waals surface area contributed by atoms with Crippen LogP contribution in [0.15, 0.2) is 35.3 Å². The fraction of sp³-hybridized carbons (Fsp3) is 0.200. The second kappa shape index (κ2) is 5.04. The largest absolute Gasteiger partial charge is 0.488 e. The van der Waals surface area contributed by atoms with E-state index in [4.69, 9.17) is 9.84 Å². The van der Waals surface area contributed by atoms with Gasteiger partial charge in [-0.15, -0.1) is 0 Å². The summed E-state index contributed by atoms with van der Waals surface area (Å²) < 4.78 is 6.16. The molecule has 0 unspecified atom stereocenters. The first kappa shape index (κ1) is 10.3. The first-order valence-corrected chi connectivity index (χ1v) is 4.68. The van der Waals surface area contributed by atoms with Crippen LogP contribution in [-0.2, 0) is 6.61 Å². The second-order valence-electron chi connectivity index (χ2n) is 2.57. The third kappa shape index (κ3) is 3.20. The normalized spacial score (nSPS) is 9.69. The fourth-order valence-electron chi connectivity index (χ4n) is 0.931. The number of aliphatic hydroxyl groups is 1. The fourth-order valence-corrected chi connectivity index (χ4v) is 1.05. The van der Waals surface area contributed by atoms with Crippen LogP contribution in [-0.4, -0.2) is 11.7 Å². The minimum absolute atomic E-state index is 0.00899. The Balaban J connectivity index is 2.69. The highest BCUT2D eigenvalue weighted by Crippen LogP contribution is 2.18. The Kier molecular flexibility index (Phi) is 3.99. The van der Waals surface area contributed by atoms with Crippen molar-refractivity contribution in [2.45, 2.75) is 6.61 Å². The predicted octanol–water partition coefficient (Wildman–Crippen LogP) is 2.47. The van der Waals surface area contributed by atoms with Gasteiger partial charge in [0.2, 0.25) is 0 Å². The average Bonchev–Trinajstić information content (AvgIpc) is 2.15. The van der Waals surface area contributed by atoms with E-state index in [0.717, 1.165) is 10.0 Å². The van der Waals surface area contributed by atoms with Crippen LogP contribution in [0.4, 0.5) is 0 Å². The van der Waals surface area contributed by atoms with E-state index >= 15 is 0 Å². The van der Waals surface area contributed by atoms with Gasteiger partial charge in [-0.05, 0) is 6.07 Å². The molecule has 0 bridgehead atoms. The van der Waals surface area contributed by atoms with Gasteiger partial charge in [-0.1, -0.05) is 40.7 Å². The van der Waals surface area contributed by atoms with Crippen LogP contribution in [0.3, 0.4) is 0 Å². The van der Waals surface area contributed by atoms with Crippen molar-refractivity contribution in [1.82, 2.24) is 0 Å². The van der Waals surface area contributed by atoms with Crippen molar-refractivity contribution in [3.8, 4) is 5.75 Å².